The molecule has 1 heterocycles. The van der Waals surface area contributed by atoms with E-state index in [-0.39, 0.29) is 24.4 Å². The van der Waals surface area contributed by atoms with Gasteiger partial charge in [-0.15, -0.1) is 0 Å². The van der Waals surface area contributed by atoms with E-state index in [2.05, 4.69) is 85.5 Å². The first-order chi connectivity index (χ1) is 23.2. The van der Waals surface area contributed by atoms with Crippen molar-refractivity contribution in [3.63, 3.8) is 0 Å². The van der Waals surface area contributed by atoms with Crippen molar-refractivity contribution in [2.45, 2.75) is 212 Å². The Balaban J connectivity index is 2.72. The lowest BCUT2D eigenvalue weighted by atomic mass is 9.99. The molecule has 1 rings (SSSR count). The van der Waals surface area contributed by atoms with Crippen molar-refractivity contribution >= 4 is 33.3 Å². The molecule has 0 amide bonds. The van der Waals surface area contributed by atoms with Crippen molar-refractivity contribution in [1.29, 1.82) is 0 Å². The number of unbranched alkanes of at least 4 members (excludes halogenated alkanes) is 13. The van der Waals surface area contributed by atoms with E-state index in [0.29, 0.717) is 19.8 Å². The van der Waals surface area contributed by atoms with E-state index in [1.165, 1.54) is 83.5 Å². The molecule has 1 aliphatic heterocycles. The zero-order valence-corrected chi connectivity index (χ0v) is 39.5. The summed E-state index contributed by atoms with van der Waals surface area (Å²) in [6.45, 7) is 30.8. The summed E-state index contributed by atoms with van der Waals surface area (Å²) in [6.07, 6.45) is 16.7. The molecule has 1 saturated heterocycles. The fourth-order valence-corrected chi connectivity index (χ4v) is 10.0. The van der Waals surface area contributed by atoms with E-state index < -0.39 is 45.7 Å². The molecule has 0 bridgehead atoms. The molecule has 1 fully saturated rings. The first-order valence-electron chi connectivity index (χ1n) is 20.3. The number of hydrogen-bond acceptors (Lipinski definition) is 8. The lowest BCUT2D eigenvalue weighted by Crippen LogP contribution is -2.66. The van der Waals surface area contributed by atoms with E-state index in [4.69, 9.17) is 36.7 Å². The summed E-state index contributed by atoms with van der Waals surface area (Å²) in [7, 11) is -6.13. The van der Waals surface area contributed by atoms with Gasteiger partial charge in [0.25, 0.3) is 0 Å². The molecule has 0 aromatic rings. The summed E-state index contributed by atoms with van der Waals surface area (Å²) < 4.78 is 52.4. The van der Waals surface area contributed by atoms with Crippen LogP contribution in [0.2, 0.25) is 78.6 Å². The van der Waals surface area contributed by atoms with Crippen molar-refractivity contribution in [1.82, 2.24) is 0 Å². The van der Waals surface area contributed by atoms with Crippen molar-refractivity contribution in [2.75, 3.05) is 33.5 Å². The molecule has 1 unspecified atom stereocenters. The van der Waals surface area contributed by atoms with Crippen LogP contribution in [0.15, 0.2) is 0 Å². The van der Waals surface area contributed by atoms with Gasteiger partial charge in [-0.1, -0.05) is 90.4 Å². The second-order valence-corrected chi connectivity index (χ2v) is 36.3. The Bertz CT molecular complexity index is 841. The fraction of sp³-hybridized carbons (Fsp3) is 1.00. The lowest BCUT2D eigenvalue weighted by Gasteiger charge is -2.51. The highest BCUT2D eigenvalue weighted by Crippen LogP contribution is 2.34. The van der Waals surface area contributed by atoms with Crippen LogP contribution >= 0.6 is 0 Å². The highest BCUT2D eigenvalue weighted by molar-refractivity contribution is 6.71. The SMILES string of the molecule is CCCCCCCCCCCCCCCCOCC(CO[C@@H]1O[C@H](CO[Si](C)(C)C)[C@H](O[Si](C)(C)C)[C@H](O[Si](C)(C)C)[C@H]1O[Si](C)(C)C)OC. The Morgan fingerprint density at radius 2 is 0.960 bits per heavy atom. The maximum Gasteiger partial charge on any atom is 0.185 e. The van der Waals surface area contributed by atoms with Crippen LogP contribution in [-0.2, 0) is 36.7 Å². The lowest BCUT2D eigenvalue weighted by molar-refractivity contribution is -0.295. The van der Waals surface area contributed by atoms with Gasteiger partial charge in [-0.2, -0.15) is 0 Å². The number of hydrogen-bond donors (Lipinski definition) is 0. The number of rotatable bonds is 30. The molecule has 1 aliphatic rings. The minimum absolute atomic E-state index is 0.207. The van der Waals surface area contributed by atoms with Gasteiger partial charge < -0.3 is 36.7 Å². The monoisotopic (exact) mass is 781 g/mol. The molecule has 0 N–H and O–H groups in total. The van der Waals surface area contributed by atoms with Gasteiger partial charge in [-0.05, 0) is 85.0 Å². The molecule has 6 atom stereocenters. The first-order valence-corrected chi connectivity index (χ1v) is 33.9. The van der Waals surface area contributed by atoms with E-state index in [9.17, 15) is 0 Å². The average molecular weight is 781 g/mol. The molecule has 0 aromatic carbocycles. The number of methoxy groups -OCH3 is 1. The number of ether oxygens (including phenoxy) is 4. The van der Waals surface area contributed by atoms with E-state index >= 15 is 0 Å². The summed E-state index contributed by atoms with van der Waals surface area (Å²) in [5, 5.41) is 0. The first kappa shape index (κ1) is 48.6. The molecule has 0 saturated carbocycles. The normalized spacial score (nSPS) is 23.0. The van der Waals surface area contributed by atoms with E-state index in [0.717, 1.165) is 13.0 Å². The van der Waals surface area contributed by atoms with Gasteiger partial charge in [-0.25, -0.2) is 0 Å². The third-order valence-electron chi connectivity index (χ3n) is 8.47. The molecule has 300 valence electrons. The smallest absolute Gasteiger partial charge is 0.185 e. The molecule has 8 nitrogen and oxygen atoms in total. The molecule has 0 aromatic heterocycles. The molecule has 12 heteroatoms. The minimum Gasteiger partial charge on any atom is -0.415 e. The summed E-state index contributed by atoms with van der Waals surface area (Å²) in [6, 6.07) is 0. The van der Waals surface area contributed by atoms with Gasteiger partial charge >= 0.3 is 0 Å². The second-order valence-electron chi connectivity index (χ2n) is 18.4. The highest BCUT2D eigenvalue weighted by Gasteiger charge is 2.52. The van der Waals surface area contributed by atoms with Gasteiger partial charge in [0.05, 0.1) is 19.8 Å². The highest BCUT2D eigenvalue weighted by atomic mass is 28.4. The topological polar surface area (TPSA) is 73.8 Å². The van der Waals surface area contributed by atoms with Gasteiger partial charge in [0, 0.05) is 13.7 Å². The average Bonchev–Trinajstić information content (AvgIpc) is 2.97. The summed E-state index contributed by atoms with van der Waals surface area (Å²) in [4.78, 5) is 0. The fourth-order valence-electron chi connectivity index (χ4n) is 6.11. The van der Waals surface area contributed by atoms with Crippen LogP contribution in [0, 0.1) is 0 Å². The third-order valence-corrected chi connectivity index (χ3v) is 12.4. The van der Waals surface area contributed by atoms with Gasteiger partial charge in [0.15, 0.2) is 39.6 Å². The van der Waals surface area contributed by atoms with Crippen molar-refractivity contribution in [3.8, 4) is 0 Å². The van der Waals surface area contributed by atoms with Crippen LogP contribution in [-0.4, -0.2) is 104 Å². The van der Waals surface area contributed by atoms with Crippen molar-refractivity contribution in [3.05, 3.63) is 0 Å². The summed E-state index contributed by atoms with van der Waals surface area (Å²) in [5.41, 5.74) is 0. The largest absolute Gasteiger partial charge is 0.415 e. The molecule has 50 heavy (non-hydrogen) atoms. The Kier molecular flexibility index (Phi) is 24.1. The van der Waals surface area contributed by atoms with Crippen LogP contribution in [0.25, 0.3) is 0 Å². The molecule has 0 aliphatic carbocycles. The van der Waals surface area contributed by atoms with Crippen LogP contribution in [0.4, 0.5) is 0 Å². The zero-order valence-electron chi connectivity index (χ0n) is 35.5. The molecular weight excluding hydrogens is 697 g/mol. The standard InChI is InChI=1S/C38H84O8Si4/c1-15-16-17-18-19-20-21-22-23-24-25-26-27-28-29-40-30-33(39-2)31-41-38-37(46-50(12,13)14)36(45-49(9,10)11)35(44-48(6,7)8)34(43-38)32-42-47(3,4)5/h33-38H,15-32H2,1-14H3/t33?,34-,35+,36+,37-,38-/m1/s1. The third kappa shape index (κ3) is 24.8. The molecular formula is C38H84O8Si4. The van der Waals surface area contributed by atoms with Crippen LogP contribution in [0.5, 0.6) is 0 Å². The van der Waals surface area contributed by atoms with E-state index in [1.807, 2.05) is 0 Å². The Labute approximate surface area is 314 Å². The predicted octanol–water partition coefficient (Wildman–Crippen LogP) is 10.8. The Morgan fingerprint density at radius 3 is 1.40 bits per heavy atom. The van der Waals surface area contributed by atoms with Crippen molar-refractivity contribution in [2.24, 2.45) is 0 Å². The van der Waals surface area contributed by atoms with Gasteiger partial charge in [-0.3, -0.25) is 0 Å². The van der Waals surface area contributed by atoms with Crippen LogP contribution in [0.3, 0.4) is 0 Å². The Morgan fingerprint density at radius 1 is 0.520 bits per heavy atom. The van der Waals surface area contributed by atoms with Crippen LogP contribution < -0.4 is 0 Å². The van der Waals surface area contributed by atoms with Gasteiger partial charge in [0.2, 0.25) is 0 Å². The Hall–Kier alpha value is 0.548. The predicted molar refractivity (Wildman–Crippen MR) is 220 cm³/mol. The molecule has 0 spiro atoms. The van der Waals surface area contributed by atoms with E-state index in [1.54, 1.807) is 7.11 Å². The summed E-state index contributed by atoms with van der Waals surface area (Å²) in [5.74, 6) is 0. The second kappa shape index (κ2) is 24.9. The summed E-state index contributed by atoms with van der Waals surface area (Å²) >= 11 is 0. The zero-order chi connectivity index (χ0) is 37.8. The maximum atomic E-state index is 6.96. The van der Waals surface area contributed by atoms with Crippen molar-refractivity contribution < 1.29 is 36.7 Å². The minimum atomic E-state index is -2.03. The molecule has 0 radical (unpaired) electrons. The van der Waals surface area contributed by atoms with Crippen LogP contribution in [0.1, 0.15) is 96.8 Å². The quantitative estimate of drug-likeness (QED) is 0.0527. The van der Waals surface area contributed by atoms with Gasteiger partial charge in [0.1, 0.15) is 30.5 Å². The maximum absolute atomic E-state index is 6.96.